The molecule has 0 N–H and O–H groups in total. The van der Waals surface area contributed by atoms with Crippen molar-refractivity contribution < 1.29 is 9.53 Å². The van der Waals surface area contributed by atoms with E-state index in [-0.39, 0.29) is 5.91 Å². The molecule has 0 aliphatic carbocycles. The maximum absolute atomic E-state index is 13.6. The Kier molecular flexibility index (Phi) is 8.25. The van der Waals surface area contributed by atoms with E-state index in [9.17, 15) is 4.79 Å². The Morgan fingerprint density at radius 3 is 2.43 bits per heavy atom. The Morgan fingerprint density at radius 2 is 1.74 bits per heavy atom. The molecule has 0 saturated carbocycles. The maximum atomic E-state index is 13.6. The minimum atomic E-state index is 0.136. The van der Waals surface area contributed by atoms with E-state index in [0.29, 0.717) is 17.8 Å². The van der Waals surface area contributed by atoms with Crippen LogP contribution in [0.4, 0.5) is 0 Å². The fraction of sp³-hybridized carbons (Fsp3) is 0.387. The highest BCUT2D eigenvalue weighted by molar-refractivity contribution is 5.94. The second-order valence-corrected chi connectivity index (χ2v) is 10.3. The lowest BCUT2D eigenvalue weighted by molar-refractivity contribution is 0.0703. The molecule has 35 heavy (non-hydrogen) atoms. The lowest BCUT2D eigenvalue weighted by Crippen LogP contribution is -2.39. The maximum Gasteiger partial charge on any atom is 0.253 e. The van der Waals surface area contributed by atoms with E-state index in [1.165, 1.54) is 16.7 Å². The summed E-state index contributed by atoms with van der Waals surface area (Å²) in [6.45, 7) is 10.8. The Labute approximate surface area is 210 Å². The minimum absolute atomic E-state index is 0.136. The van der Waals surface area contributed by atoms with E-state index in [0.717, 1.165) is 44.0 Å². The lowest BCUT2D eigenvalue weighted by atomic mass is 9.88. The standard InChI is InChI=1S/C31H38N2O2/c1-23(2)18-33(31(34)27-15-13-24(3)14-16-27)21-28-20-32(19-25-9-8-12-29(17-25)35-4)22-30(28)26-10-6-5-7-11-26/h5-17,23,28,30H,18-22H2,1-4H3/t28-,30+/m1/s1. The zero-order valence-electron chi connectivity index (χ0n) is 21.5. The summed E-state index contributed by atoms with van der Waals surface area (Å²) in [7, 11) is 1.71. The van der Waals surface area contributed by atoms with Gasteiger partial charge in [0.25, 0.3) is 5.91 Å². The quantitative estimate of drug-likeness (QED) is 0.383. The molecule has 4 heteroatoms. The number of hydrogen-bond acceptors (Lipinski definition) is 3. The number of amides is 1. The van der Waals surface area contributed by atoms with E-state index in [1.54, 1.807) is 7.11 Å². The van der Waals surface area contributed by atoms with Crippen molar-refractivity contribution in [1.82, 2.24) is 9.80 Å². The fourth-order valence-corrected chi connectivity index (χ4v) is 5.22. The molecule has 1 fully saturated rings. The van der Waals surface area contributed by atoms with Crippen LogP contribution >= 0.6 is 0 Å². The van der Waals surface area contributed by atoms with Gasteiger partial charge < -0.3 is 9.64 Å². The van der Waals surface area contributed by atoms with Crippen molar-refractivity contribution in [2.75, 3.05) is 33.3 Å². The Hall–Kier alpha value is -3.11. The molecule has 1 aliphatic heterocycles. The third-order valence-electron chi connectivity index (χ3n) is 6.91. The van der Waals surface area contributed by atoms with Crippen LogP contribution in [0.3, 0.4) is 0 Å². The van der Waals surface area contributed by atoms with Crippen molar-refractivity contribution >= 4 is 5.91 Å². The summed E-state index contributed by atoms with van der Waals surface area (Å²) in [6.07, 6.45) is 0. The molecule has 0 aromatic heterocycles. The first kappa shape index (κ1) is 25.0. The minimum Gasteiger partial charge on any atom is -0.497 e. The third-order valence-corrected chi connectivity index (χ3v) is 6.91. The van der Waals surface area contributed by atoms with Gasteiger partial charge in [0.05, 0.1) is 7.11 Å². The van der Waals surface area contributed by atoms with Gasteiger partial charge in [0.15, 0.2) is 0 Å². The SMILES string of the molecule is COc1cccc(CN2C[C@H](CN(CC(C)C)C(=O)c3ccc(C)cc3)[C@H](c3ccccc3)C2)c1. The van der Waals surface area contributed by atoms with Crippen LogP contribution in [0, 0.1) is 18.8 Å². The van der Waals surface area contributed by atoms with Gasteiger partial charge in [0, 0.05) is 44.2 Å². The molecule has 1 heterocycles. The monoisotopic (exact) mass is 470 g/mol. The highest BCUT2D eigenvalue weighted by atomic mass is 16.5. The van der Waals surface area contributed by atoms with E-state index < -0.39 is 0 Å². The van der Waals surface area contributed by atoms with E-state index in [2.05, 4.69) is 79.1 Å². The normalized spacial score (nSPS) is 18.1. The predicted molar refractivity (Wildman–Crippen MR) is 143 cm³/mol. The summed E-state index contributed by atoms with van der Waals surface area (Å²) < 4.78 is 5.43. The van der Waals surface area contributed by atoms with Crippen molar-refractivity contribution in [2.45, 2.75) is 33.2 Å². The summed E-state index contributed by atoms with van der Waals surface area (Å²) in [6, 6.07) is 27.1. The van der Waals surface area contributed by atoms with Crippen LogP contribution in [0.1, 0.15) is 46.8 Å². The molecule has 3 aromatic carbocycles. The van der Waals surface area contributed by atoms with Crippen molar-refractivity contribution in [3.63, 3.8) is 0 Å². The third kappa shape index (κ3) is 6.52. The van der Waals surface area contributed by atoms with Crippen LogP contribution < -0.4 is 4.74 Å². The van der Waals surface area contributed by atoms with Gasteiger partial charge in [0.1, 0.15) is 5.75 Å². The average Bonchev–Trinajstić information content (AvgIpc) is 3.26. The van der Waals surface area contributed by atoms with Gasteiger partial charge in [-0.15, -0.1) is 0 Å². The smallest absolute Gasteiger partial charge is 0.253 e. The van der Waals surface area contributed by atoms with Crippen molar-refractivity contribution in [3.8, 4) is 5.75 Å². The molecule has 3 aromatic rings. The highest BCUT2D eigenvalue weighted by Gasteiger charge is 2.36. The van der Waals surface area contributed by atoms with Gasteiger partial charge >= 0.3 is 0 Å². The Bertz CT molecular complexity index is 1090. The zero-order chi connectivity index (χ0) is 24.8. The topological polar surface area (TPSA) is 32.8 Å². The second kappa shape index (κ2) is 11.5. The average molecular weight is 471 g/mol. The summed E-state index contributed by atoms with van der Waals surface area (Å²) >= 11 is 0. The lowest BCUT2D eigenvalue weighted by Gasteiger charge is -2.30. The molecular formula is C31H38N2O2. The highest BCUT2D eigenvalue weighted by Crippen LogP contribution is 2.35. The second-order valence-electron chi connectivity index (χ2n) is 10.3. The number of hydrogen-bond donors (Lipinski definition) is 0. The van der Waals surface area contributed by atoms with Crippen LogP contribution in [-0.4, -0.2) is 49.0 Å². The molecule has 0 spiro atoms. The number of nitrogens with zero attached hydrogens (tertiary/aromatic N) is 2. The van der Waals surface area contributed by atoms with Gasteiger partial charge in [-0.2, -0.15) is 0 Å². The first-order valence-corrected chi connectivity index (χ1v) is 12.7. The molecule has 1 amide bonds. The number of likely N-dealkylation sites (tertiary alicyclic amines) is 1. The van der Waals surface area contributed by atoms with Gasteiger partial charge in [-0.25, -0.2) is 0 Å². The van der Waals surface area contributed by atoms with Crippen LogP contribution in [0.15, 0.2) is 78.9 Å². The van der Waals surface area contributed by atoms with Gasteiger partial charge in [-0.3, -0.25) is 9.69 Å². The van der Waals surface area contributed by atoms with Crippen molar-refractivity contribution in [3.05, 3.63) is 101 Å². The molecule has 1 saturated heterocycles. The first-order valence-electron chi connectivity index (χ1n) is 12.7. The van der Waals surface area contributed by atoms with Gasteiger partial charge in [-0.1, -0.05) is 74.0 Å². The molecule has 2 atom stereocenters. The number of carbonyl (C=O) groups excluding carboxylic acids is 1. The molecule has 4 rings (SSSR count). The fourth-order valence-electron chi connectivity index (χ4n) is 5.22. The van der Waals surface area contributed by atoms with Gasteiger partial charge in [0.2, 0.25) is 0 Å². The van der Waals surface area contributed by atoms with Crippen LogP contribution in [0.2, 0.25) is 0 Å². The molecule has 0 bridgehead atoms. The summed E-state index contributed by atoms with van der Waals surface area (Å²) in [5, 5.41) is 0. The Balaban J connectivity index is 1.56. The molecule has 184 valence electrons. The number of rotatable bonds is 9. The summed E-state index contributed by atoms with van der Waals surface area (Å²) in [5.74, 6) is 2.20. The predicted octanol–water partition coefficient (Wildman–Crippen LogP) is 6.02. The largest absolute Gasteiger partial charge is 0.497 e. The molecule has 0 unspecified atom stereocenters. The van der Waals surface area contributed by atoms with Crippen LogP contribution in [0.5, 0.6) is 5.75 Å². The van der Waals surface area contributed by atoms with E-state index in [1.807, 2.05) is 30.3 Å². The van der Waals surface area contributed by atoms with Crippen molar-refractivity contribution in [1.29, 1.82) is 0 Å². The summed E-state index contributed by atoms with van der Waals surface area (Å²) in [4.78, 5) is 18.2. The first-order chi connectivity index (χ1) is 16.9. The van der Waals surface area contributed by atoms with E-state index >= 15 is 0 Å². The van der Waals surface area contributed by atoms with Crippen LogP contribution in [-0.2, 0) is 6.54 Å². The molecular weight excluding hydrogens is 432 g/mol. The number of ether oxygens (including phenoxy) is 1. The number of carbonyl (C=O) groups is 1. The van der Waals surface area contributed by atoms with Crippen LogP contribution in [0.25, 0.3) is 0 Å². The number of benzene rings is 3. The van der Waals surface area contributed by atoms with Crippen molar-refractivity contribution in [2.24, 2.45) is 11.8 Å². The van der Waals surface area contributed by atoms with E-state index in [4.69, 9.17) is 4.74 Å². The number of aryl methyl sites for hydroxylation is 1. The Morgan fingerprint density at radius 1 is 1.00 bits per heavy atom. The number of methoxy groups -OCH3 is 1. The summed E-state index contributed by atoms with van der Waals surface area (Å²) in [5.41, 5.74) is 4.56. The molecule has 0 radical (unpaired) electrons. The molecule has 4 nitrogen and oxygen atoms in total. The molecule has 1 aliphatic rings. The van der Waals surface area contributed by atoms with Gasteiger partial charge in [-0.05, 0) is 54.2 Å². The zero-order valence-corrected chi connectivity index (χ0v) is 21.5.